The summed E-state index contributed by atoms with van der Waals surface area (Å²) in [7, 11) is 1.41. The van der Waals surface area contributed by atoms with Gasteiger partial charge in [0.25, 0.3) is 0 Å². The number of fused-ring (bicyclic) bond motifs is 1. The number of ether oxygens (including phenoxy) is 2. The maximum atomic E-state index is 12.1. The molecule has 5 heteroatoms. The maximum absolute atomic E-state index is 12.1. The quantitative estimate of drug-likeness (QED) is 0.399. The van der Waals surface area contributed by atoms with Gasteiger partial charge in [-0.3, -0.25) is 0 Å². The number of esters is 1. The molecule has 0 unspecified atom stereocenters. The van der Waals surface area contributed by atoms with Gasteiger partial charge in [-0.25, -0.2) is 9.78 Å². The van der Waals surface area contributed by atoms with Gasteiger partial charge in [0.15, 0.2) is 0 Å². The molecule has 1 aliphatic rings. The smallest absolute Gasteiger partial charge is 0.337 e. The van der Waals surface area contributed by atoms with Crippen molar-refractivity contribution in [3.8, 4) is 5.75 Å². The van der Waals surface area contributed by atoms with Crippen molar-refractivity contribution in [2.24, 2.45) is 11.3 Å². The van der Waals surface area contributed by atoms with Crippen molar-refractivity contribution >= 4 is 17.0 Å². The summed E-state index contributed by atoms with van der Waals surface area (Å²) >= 11 is 0. The van der Waals surface area contributed by atoms with E-state index in [1.54, 1.807) is 0 Å². The summed E-state index contributed by atoms with van der Waals surface area (Å²) in [5.74, 6) is 2.25. The molecule has 2 aromatic carbocycles. The minimum atomic E-state index is -0.332. The molecule has 1 saturated carbocycles. The van der Waals surface area contributed by atoms with Crippen LogP contribution in [-0.4, -0.2) is 28.7 Å². The number of carbonyl (C=O) groups excluding carboxylic acids is 1. The predicted octanol–water partition coefficient (Wildman–Crippen LogP) is 6.59. The first kappa shape index (κ1) is 23.3. The molecule has 5 nitrogen and oxygen atoms in total. The average Bonchev–Trinajstić information content (AvgIpc) is 3.09. The lowest BCUT2D eigenvalue weighted by Crippen LogP contribution is -2.30. The molecule has 0 aliphatic heterocycles. The molecule has 4 rings (SSSR count). The highest BCUT2D eigenvalue weighted by atomic mass is 16.5. The van der Waals surface area contributed by atoms with Crippen molar-refractivity contribution in [2.45, 2.75) is 72.4 Å². The lowest BCUT2D eigenvalue weighted by Gasteiger charge is -2.40. The molecule has 2 atom stereocenters. The first-order valence-electron chi connectivity index (χ1n) is 12.0. The fourth-order valence-corrected chi connectivity index (χ4v) is 5.56. The summed E-state index contributed by atoms with van der Waals surface area (Å²) in [5, 5.41) is 0. The zero-order valence-electron chi connectivity index (χ0n) is 20.7. The minimum Gasteiger partial charge on any atom is -0.491 e. The van der Waals surface area contributed by atoms with E-state index in [9.17, 15) is 4.79 Å². The van der Waals surface area contributed by atoms with Crippen molar-refractivity contribution < 1.29 is 14.3 Å². The van der Waals surface area contributed by atoms with Crippen LogP contribution in [0.25, 0.3) is 11.0 Å². The van der Waals surface area contributed by atoms with E-state index in [1.807, 2.05) is 44.2 Å². The second kappa shape index (κ2) is 9.20. The van der Waals surface area contributed by atoms with Gasteiger partial charge in [0.1, 0.15) is 11.6 Å². The van der Waals surface area contributed by atoms with E-state index in [0.717, 1.165) is 41.9 Å². The molecule has 0 saturated heterocycles. The van der Waals surface area contributed by atoms with Crippen LogP contribution in [0.5, 0.6) is 5.75 Å². The normalized spacial score (nSPS) is 20.2. The van der Waals surface area contributed by atoms with Crippen molar-refractivity contribution in [3.63, 3.8) is 0 Å². The Morgan fingerprint density at radius 2 is 1.88 bits per heavy atom. The number of methoxy groups -OCH3 is 1. The van der Waals surface area contributed by atoms with Gasteiger partial charge in [-0.2, -0.15) is 0 Å². The number of aromatic nitrogens is 2. The summed E-state index contributed by atoms with van der Waals surface area (Å²) in [6, 6.07) is 14.4. The van der Waals surface area contributed by atoms with Crippen LogP contribution in [0.15, 0.2) is 42.5 Å². The Kier molecular flexibility index (Phi) is 6.51. The fraction of sp³-hybridized carbons (Fsp3) is 0.500. The molecule has 1 heterocycles. The van der Waals surface area contributed by atoms with Gasteiger partial charge in [0.2, 0.25) is 0 Å². The van der Waals surface area contributed by atoms with E-state index < -0.39 is 0 Å². The third kappa shape index (κ3) is 5.23. The highest BCUT2D eigenvalue weighted by Gasteiger charge is 2.34. The van der Waals surface area contributed by atoms with Crippen molar-refractivity contribution in [1.82, 2.24) is 9.55 Å². The summed E-state index contributed by atoms with van der Waals surface area (Å²) in [5.41, 5.74) is 3.96. The second-order valence-electron chi connectivity index (χ2n) is 10.6. The van der Waals surface area contributed by atoms with Crippen molar-refractivity contribution in [1.29, 1.82) is 0 Å². The maximum Gasteiger partial charge on any atom is 0.337 e. The summed E-state index contributed by atoms with van der Waals surface area (Å²) in [6.07, 6.45) is 4.39. The Bertz CT molecular complexity index is 1130. The van der Waals surface area contributed by atoms with Gasteiger partial charge in [-0.05, 0) is 80.3 Å². The van der Waals surface area contributed by atoms with Crippen LogP contribution in [0.4, 0.5) is 0 Å². The molecule has 1 fully saturated rings. The van der Waals surface area contributed by atoms with Gasteiger partial charge in [-0.15, -0.1) is 0 Å². The van der Waals surface area contributed by atoms with Gasteiger partial charge in [0, 0.05) is 12.5 Å². The summed E-state index contributed by atoms with van der Waals surface area (Å²) < 4.78 is 13.2. The number of carbonyl (C=O) groups is 1. The highest BCUT2D eigenvalue weighted by Crippen LogP contribution is 2.45. The third-order valence-electron chi connectivity index (χ3n) is 6.57. The van der Waals surface area contributed by atoms with E-state index in [4.69, 9.17) is 14.5 Å². The molecule has 0 spiro atoms. The zero-order chi connectivity index (χ0) is 23.8. The van der Waals surface area contributed by atoms with Crippen LogP contribution in [0.3, 0.4) is 0 Å². The van der Waals surface area contributed by atoms with Gasteiger partial charge < -0.3 is 14.0 Å². The lowest BCUT2D eigenvalue weighted by molar-refractivity contribution is 0.0601. The average molecular weight is 449 g/mol. The van der Waals surface area contributed by atoms with E-state index >= 15 is 0 Å². The number of rotatable bonds is 6. The van der Waals surface area contributed by atoms with E-state index in [1.165, 1.54) is 19.1 Å². The lowest BCUT2D eigenvalue weighted by atomic mass is 9.70. The number of imidazole rings is 1. The molecular formula is C28H36N2O3. The zero-order valence-corrected chi connectivity index (χ0v) is 20.7. The number of hydrogen-bond donors (Lipinski definition) is 0. The highest BCUT2D eigenvalue weighted by molar-refractivity contribution is 5.93. The molecule has 0 bridgehead atoms. The predicted molar refractivity (Wildman–Crippen MR) is 132 cm³/mol. The summed E-state index contributed by atoms with van der Waals surface area (Å²) in [4.78, 5) is 17.1. The van der Waals surface area contributed by atoms with Crippen LogP contribution in [-0.2, 0) is 11.2 Å². The van der Waals surface area contributed by atoms with Crippen molar-refractivity contribution in [3.05, 3.63) is 59.4 Å². The van der Waals surface area contributed by atoms with Crippen LogP contribution < -0.4 is 4.74 Å². The van der Waals surface area contributed by atoms with Crippen LogP contribution in [0, 0.1) is 11.3 Å². The Labute approximate surface area is 197 Å². The Morgan fingerprint density at radius 1 is 1.15 bits per heavy atom. The van der Waals surface area contributed by atoms with E-state index in [-0.39, 0.29) is 17.5 Å². The largest absolute Gasteiger partial charge is 0.491 e. The first-order valence-corrected chi connectivity index (χ1v) is 12.0. The monoisotopic (exact) mass is 448 g/mol. The molecule has 1 aliphatic carbocycles. The van der Waals surface area contributed by atoms with Gasteiger partial charge in [0.05, 0.1) is 29.8 Å². The van der Waals surface area contributed by atoms with Gasteiger partial charge >= 0.3 is 5.97 Å². The molecule has 0 amide bonds. The number of benzene rings is 2. The Morgan fingerprint density at radius 3 is 2.52 bits per heavy atom. The first-order chi connectivity index (χ1) is 15.6. The van der Waals surface area contributed by atoms with Crippen LogP contribution >= 0.6 is 0 Å². The molecule has 33 heavy (non-hydrogen) atoms. The number of hydrogen-bond acceptors (Lipinski definition) is 4. The third-order valence-corrected chi connectivity index (χ3v) is 6.57. The van der Waals surface area contributed by atoms with E-state index in [2.05, 4.69) is 37.5 Å². The molecule has 0 N–H and O–H groups in total. The van der Waals surface area contributed by atoms with Gasteiger partial charge in [-0.1, -0.05) is 32.9 Å². The molecular weight excluding hydrogens is 412 g/mol. The Hall–Kier alpha value is -2.82. The molecule has 0 radical (unpaired) electrons. The summed E-state index contributed by atoms with van der Waals surface area (Å²) in [6.45, 7) is 11.2. The second-order valence-corrected chi connectivity index (χ2v) is 10.6. The standard InChI is InChI=1S/C28H36N2O3/c1-18(2)33-23-10-7-20(8-11-23)14-26-29-24-15-21(27(31)32-6)9-12-25(24)30(26)22-13-19(3)16-28(4,5)17-22/h7-12,15,18-19,22H,13-14,16-17H2,1-6H3/t19-,22+/m0/s1. The van der Waals surface area contributed by atoms with E-state index in [0.29, 0.717) is 17.5 Å². The molecule has 176 valence electrons. The fourth-order valence-electron chi connectivity index (χ4n) is 5.56. The number of nitrogens with zero attached hydrogens (tertiary/aromatic N) is 2. The Balaban J connectivity index is 1.75. The molecule has 3 aromatic rings. The topological polar surface area (TPSA) is 53.4 Å². The van der Waals surface area contributed by atoms with Crippen LogP contribution in [0.2, 0.25) is 0 Å². The van der Waals surface area contributed by atoms with Crippen LogP contribution in [0.1, 0.15) is 81.7 Å². The minimum absolute atomic E-state index is 0.153. The van der Waals surface area contributed by atoms with Crippen molar-refractivity contribution in [2.75, 3.05) is 7.11 Å². The molecule has 1 aromatic heterocycles. The SMILES string of the molecule is COC(=O)c1ccc2c(c1)nc(Cc1ccc(OC(C)C)cc1)n2[C@@H]1C[C@H](C)CC(C)(C)C1.